The van der Waals surface area contributed by atoms with E-state index in [2.05, 4.69) is 9.98 Å². The fourth-order valence-electron chi connectivity index (χ4n) is 5.87. The number of aromatic nitrogens is 1. The predicted molar refractivity (Wildman–Crippen MR) is 159 cm³/mol. The highest BCUT2D eigenvalue weighted by molar-refractivity contribution is 6.29. The van der Waals surface area contributed by atoms with Crippen LogP contribution in [0.4, 0.5) is 5.82 Å². The Kier molecular flexibility index (Phi) is 8.40. The number of nitrogens with two attached hydrogens (primary N) is 3. The number of anilines is 1. The minimum Gasteiger partial charge on any atom is -0.504 e. The van der Waals surface area contributed by atoms with Crippen LogP contribution in [0.15, 0.2) is 53.7 Å². The molecule has 236 valence electrons. The number of benzene rings is 2. The molecule has 0 radical (unpaired) electrons. The molecule has 14 heteroatoms. The Bertz CT molecular complexity index is 1660. The number of phenolic OH excluding ortho intramolecular Hbond substituents is 1. The van der Waals surface area contributed by atoms with Gasteiger partial charge in [0.25, 0.3) is 0 Å². The molecular formula is C31H33N5O9. The number of aliphatic hydroxyl groups excluding tert-OH is 2. The SMILES string of the molecule is NC(N)=NC1CCOCC2OC(Oc3c1cc1c(c3O)C(=O)c3ccccc3C1=O)C(OCCc1ccnc(N)c1)C(O)C2O. The van der Waals surface area contributed by atoms with E-state index in [4.69, 9.17) is 36.1 Å². The first kappa shape index (κ1) is 30.4. The van der Waals surface area contributed by atoms with Crippen molar-refractivity contribution in [3.8, 4) is 11.5 Å². The number of fused-ring (bicyclic) bond motifs is 5. The number of aromatic hydroxyl groups is 1. The van der Waals surface area contributed by atoms with Crippen LogP contribution in [0.2, 0.25) is 0 Å². The molecule has 6 unspecified atom stereocenters. The lowest BCUT2D eigenvalue weighted by atomic mass is 9.81. The van der Waals surface area contributed by atoms with Gasteiger partial charge in [-0.3, -0.25) is 9.59 Å². The molecule has 1 saturated heterocycles. The Hall–Kier alpha value is -4.60. The lowest BCUT2D eigenvalue weighted by Crippen LogP contribution is -2.61. The third kappa shape index (κ3) is 5.81. The van der Waals surface area contributed by atoms with Crippen LogP contribution in [-0.2, 0) is 20.6 Å². The van der Waals surface area contributed by atoms with Crippen LogP contribution >= 0.6 is 0 Å². The number of rotatable bonds is 5. The monoisotopic (exact) mass is 619 g/mol. The molecule has 45 heavy (non-hydrogen) atoms. The number of aliphatic imine (C=N–C) groups is 1. The lowest BCUT2D eigenvalue weighted by molar-refractivity contribution is -0.289. The fraction of sp³-hybridized carbons (Fsp3) is 0.355. The number of nitrogen functional groups attached to an aromatic ring is 1. The standard InChI is InChI=1S/C31H33N5O9/c32-21-11-14(5-8-35-21)6-10-43-29-27(41)25(39)20-13-42-9-7-19(36-31(33)34)17-12-18-22(26(40)28(17)45-30(29)44-20)24(38)16-4-2-1-3-15(16)23(18)37/h1-5,8,11-12,19-20,25,27,29-30,39-41H,6-7,9-10,13H2,(H2,32,35)(H4,33,34,36). The minimum absolute atomic E-state index is 0.0487. The first-order chi connectivity index (χ1) is 21.6. The minimum atomic E-state index is -1.49. The van der Waals surface area contributed by atoms with Gasteiger partial charge in [0.1, 0.15) is 30.2 Å². The number of nitrogens with zero attached hydrogens (tertiary/aromatic N) is 2. The van der Waals surface area contributed by atoms with Crippen molar-refractivity contribution in [3.63, 3.8) is 0 Å². The molecule has 1 fully saturated rings. The molecule has 1 aromatic heterocycles. The number of ether oxygens (including phenoxy) is 4. The molecule has 2 bridgehead atoms. The Morgan fingerprint density at radius 2 is 1.80 bits per heavy atom. The number of guanidine groups is 1. The van der Waals surface area contributed by atoms with Crippen molar-refractivity contribution in [2.45, 2.75) is 49.6 Å². The van der Waals surface area contributed by atoms with Gasteiger partial charge in [0.15, 0.2) is 29.0 Å². The molecule has 6 rings (SSSR count). The van der Waals surface area contributed by atoms with E-state index in [0.717, 1.165) is 5.56 Å². The second kappa shape index (κ2) is 12.4. The van der Waals surface area contributed by atoms with E-state index in [9.17, 15) is 24.9 Å². The van der Waals surface area contributed by atoms with Gasteiger partial charge in [-0.05, 0) is 36.6 Å². The summed E-state index contributed by atoms with van der Waals surface area (Å²) in [6.07, 6.45) is -4.52. The van der Waals surface area contributed by atoms with E-state index in [1.165, 1.54) is 18.2 Å². The molecule has 1 aliphatic carbocycles. The number of phenols is 1. The van der Waals surface area contributed by atoms with Gasteiger partial charge in [0.05, 0.1) is 24.8 Å². The molecular weight excluding hydrogens is 586 g/mol. The van der Waals surface area contributed by atoms with Crippen LogP contribution in [0.3, 0.4) is 0 Å². The van der Waals surface area contributed by atoms with Crippen LogP contribution in [0.1, 0.15) is 55.4 Å². The molecule has 0 amide bonds. The molecule has 0 saturated carbocycles. The Labute approximate surface area is 257 Å². The first-order valence-electron chi connectivity index (χ1n) is 14.4. The topological polar surface area (TPSA) is 235 Å². The second-order valence-corrected chi connectivity index (χ2v) is 11.0. The predicted octanol–water partition coefficient (Wildman–Crippen LogP) is 0.333. The van der Waals surface area contributed by atoms with Gasteiger partial charge in [-0.1, -0.05) is 24.3 Å². The normalized spacial score (nSPS) is 26.0. The average Bonchev–Trinajstić information content (AvgIpc) is 3.04. The average molecular weight is 620 g/mol. The maximum atomic E-state index is 13.6. The van der Waals surface area contributed by atoms with Gasteiger partial charge >= 0.3 is 0 Å². The van der Waals surface area contributed by atoms with Crippen molar-refractivity contribution in [3.05, 3.63) is 82.0 Å². The summed E-state index contributed by atoms with van der Waals surface area (Å²) >= 11 is 0. The van der Waals surface area contributed by atoms with Crippen LogP contribution < -0.4 is 21.9 Å². The summed E-state index contributed by atoms with van der Waals surface area (Å²) in [4.78, 5) is 35.5. The Morgan fingerprint density at radius 1 is 1.04 bits per heavy atom. The van der Waals surface area contributed by atoms with Crippen molar-refractivity contribution in [2.24, 2.45) is 16.5 Å². The summed E-state index contributed by atoms with van der Waals surface area (Å²) in [5.41, 5.74) is 18.3. The lowest BCUT2D eigenvalue weighted by Gasteiger charge is -2.42. The summed E-state index contributed by atoms with van der Waals surface area (Å²) in [6, 6.07) is 10.3. The molecule has 3 aromatic rings. The third-order valence-corrected chi connectivity index (χ3v) is 8.08. The molecule has 0 spiro atoms. The van der Waals surface area contributed by atoms with Crippen molar-refractivity contribution in [2.75, 3.05) is 25.6 Å². The Balaban J connectivity index is 1.43. The highest BCUT2D eigenvalue weighted by atomic mass is 16.7. The van der Waals surface area contributed by atoms with Crippen LogP contribution in [-0.4, -0.2) is 88.4 Å². The number of hydrogen-bond acceptors (Lipinski definition) is 12. The zero-order valence-electron chi connectivity index (χ0n) is 24.0. The highest BCUT2D eigenvalue weighted by Gasteiger charge is 2.48. The van der Waals surface area contributed by atoms with Gasteiger partial charge in [-0.2, -0.15) is 0 Å². The van der Waals surface area contributed by atoms with Gasteiger partial charge in [-0.25, -0.2) is 9.98 Å². The molecule has 6 atom stereocenters. The van der Waals surface area contributed by atoms with Gasteiger partial charge in [-0.15, -0.1) is 0 Å². The summed E-state index contributed by atoms with van der Waals surface area (Å²) in [5.74, 6) is -1.86. The van der Waals surface area contributed by atoms with Crippen LogP contribution in [0.5, 0.6) is 11.5 Å². The number of hydrogen-bond donors (Lipinski definition) is 6. The van der Waals surface area contributed by atoms with Crippen molar-refractivity contribution in [1.29, 1.82) is 0 Å². The second-order valence-electron chi connectivity index (χ2n) is 11.0. The maximum absolute atomic E-state index is 13.6. The third-order valence-electron chi connectivity index (χ3n) is 8.08. The summed E-state index contributed by atoms with van der Waals surface area (Å²) < 4.78 is 24.1. The van der Waals surface area contributed by atoms with E-state index in [0.29, 0.717) is 12.2 Å². The quantitative estimate of drug-likeness (QED) is 0.131. The number of ketones is 2. The van der Waals surface area contributed by atoms with Crippen molar-refractivity contribution < 1.29 is 43.9 Å². The summed E-state index contributed by atoms with van der Waals surface area (Å²) in [7, 11) is 0. The molecule has 2 aliphatic heterocycles. The van der Waals surface area contributed by atoms with Crippen molar-refractivity contribution in [1.82, 2.24) is 4.98 Å². The number of aliphatic hydroxyl groups is 2. The summed E-state index contributed by atoms with van der Waals surface area (Å²) in [6.45, 7) is 0.00321. The smallest absolute Gasteiger partial charge is 0.229 e. The van der Waals surface area contributed by atoms with E-state index >= 15 is 0 Å². The largest absolute Gasteiger partial charge is 0.504 e. The maximum Gasteiger partial charge on any atom is 0.229 e. The van der Waals surface area contributed by atoms with Gasteiger partial charge < -0.3 is 51.5 Å². The Morgan fingerprint density at radius 3 is 2.53 bits per heavy atom. The molecule has 9 N–H and O–H groups in total. The molecule has 14 nitrogen and oxygen atoms in total. The van der Waals surface area contributed by atoms with Gasteiger partial charge in [0, 0.05) is 35.1 Å². The van der Waals surface area contributed by atoms with Crippen LogP contribution in [0, 0.1) is 0 Å². The number of carbonyl (C=O) groups excluding carboxylic acids is 2. The molecule has 2 aromatic carbocycles. The molecule has 3 aliphatic rings. The highest BCUT2D eigenvalue weighted by Crippen LogP contribution is 2.46. The fourth-order valence-corrected chi connectivity index (χ4v) is 5.87. The first-order valence-corrected chi connectivity index (χ1v) is 14.4. The van der Waals surface area contributed by atoms with Crippen molar-refractivity contribution >= 4 is 23.3 Å². The van der Waals surface area contributed by atoms with E-state index in [1.807, 2.05) is 0 Å². The number of pyridine rings is 1. The van der Waals surface area contributed by atoms with E-state index in [-0.39, 0.29) is 65.8 Å². The zero-order chi connectivity index (χ0) is 31.8. The molecule has 3 heterocycles. The van der Waals surface area contributed by atoms with E-state index < -0.39 is 54.1 Å². The zero-order valence-corrected chi connectivity index (χ0v) is 24.0. The van der Waals surface area contributed by atoms with Crippen LogP contribution in [0.25, 0.3) is 0 Å². The summed E-state index contributed by atoms with van der Waals surface area (Å²) in [5, 5.41) is 33.7. The van der Waals surface area contributed by atoms with Gasteiger partial charge in [0.2, 0.25) is 6.29 Å². The van der Waals surface area contributed by atoms with E-state index in [1.54, 1.807) is 30.5 Å². The number of carbonyl (C=O) groups is 2.